The Kier molecular flexibility index (Phi) is 3.41. The lowest BCUT2D eigenvalue weighted by molar-refractivity contribution is 0.104. The molecule has 2 aromatic rings. The van der Waals surface area contributed by atoms with E-state index in [1.165, 1.54) is 7.11 Å². The number of carbonyl (C=O) groups is 1. The lowest BCUT2D eigenvalue weighted by Gasteiger charge is -2.11. The molecule has 114 valence electrons. The summed E-state index contributed by atoms with van der Waals surface area (Å²) >= 11 is 0. The topological polar surface area (TPSA) is 54.0 Å². The van der Waals surface area contributed by atoms with Gasteiger partial charge < -0.3 is 18.9 Å². The molecule has 0 bridgehead atoms. The van der Waals surface area contributed by atoms with Crippen molar-refractivity contribution in [1.29, 1.82) is 0 Å². The van der Waals surface area contributed by atoms with Crippen LogP contribution in [0.1, 0.15) is 15.9 Å². The second-order valence-corrected chi connectivity index (χ2v) is 4.81. The van der Waals surface area contributed by atoms with Crippen LogP contribution in [0.3, 0.4) is 0 Å². The molecular weight excluding hydrogens is 284 g/mol. The molecule has 0 radical (unpaired) electrons. The van der Waals surface area contributed by atoms with Crippen molar-refractivity contribution in [3.05, 3.63) is 35.4 Å². The Hall–Kier alpha value is -2.69. The van der Waals surface area contributed by atoms with E-state index in [1.807, 2.05) is 12.1 Å². The molecule has 0 aromatic heterocycles. The molecule has 0 fully saturated rings. The van der Waals surface area contributed by atoms with Crippen LogP contribution in [-0.4, -0.2) is 34.2 Å². The molecule has 0 aliphatic heterocycles. The minimum absolute atomic E-state index is 0.110. The molecule has 1 aliphatic carbocycles. The first-order valence-corrected chi connectivity index (χ1v) is 6.72. The summed E-state index contributed by atoms with van der Waals surface area (Å²) in [4.78, 5) is 12.8. The van der Waals surface area contributed by atoms with Gasteiger partial charge in [-0.25, -0.2) is 0 Å². The monoisotopic (exact) mass is 300 g/mol. The van der Waals surface area contributed by atoms with Crippen LogP contribution in [-0.2, 0) is 0 Å². The number of hydrogen-bond donors (Lipinski definition) is 0. The van der Waals surface area contributed by atoms with Crippen molar-refractivity contribution in [3.63, 3.8) is 0 Å². The number of ether oxygens (including phenoxy) is 4. The number of benzene rings is 2. The molecule has 0 unspecified atom stereocenters. The first-order valence-electron chi connectivity index (χ1n) is 6.72. The van der Waals surface area contributed by atoms with Crippen LogP contribution in [0.2, 0.25) is 0 Å². The Morgan fingerprint density at radius 1 is 0.682 bits per heavy atom. The maximum absolute atomic E-state index is 12.8. The fraction of sp³-hybridized carbons (Fsp3) is 0.235. The predicted octanol–water partition coefficient (Wildman–Crippen LogP) is 2.93. The fourth-order valence-corrected chi connectivity index (χ4v) is 2.80. The summed E-state index contributed by atoms with van der Waals surface area (Å²) in [5, 5.41) is 0. The lowest BCUT2D eigenvalue weighted by atomic mass is 10.0. The van der Waals surface area contributed by atoms with E-state index >= 15 is 0 Å². The third-order valence-electron chi connectivity index (χ3n) is 3.83. The van der Waals surface area contributed by atoms with Crippen LogP contribution in [0.5, 0.6) is 23.0 Å². The maximum atomic E-state index is 12.8. The molecule has 0 spiro atoms. The molecule has 0 N–H and O–H groups in total. The van der Waals surface area contributed by atoms with Crippen LogP contribution in [0.4, 0.5) is 0 Å². The van der Waals surface area contributed by atoms with Crippen molar-refractivity contribution in [1.82, 2.24) is 0 Å². The molecule has 5 heteroatoms. The van der Waals surface area contributed by atoms with Crippen LogP contribution < -0.4 is 18.9 Å². The number of carbonyl (C=O) groups excluding carboxylic acids is 1. The minimum Gasteiger partial charge on any atom is -0.493 e. The first-order chi connectivity index (χ1) is 10.7. The zero-order chi connectivity index (χ0) is 15.9. The van der Waals surface area contributed by atoms with E-state index in [9.17, 15) is 4.79 Å². The smallest absolute Gasteiger partial charge is 0.198 e. The van der Waals surface area contributed by atoms with Gasteiger partial charge in [-0.3, -0.25) is 4.79 Å². The van der Waals surface area contributed by atoms with Crippen molar-refractivity contribution < 1.29 is 23.7 Å². The zero-order valence-electron chi connectivity index (χ0n) is 12.9. The van der Waals surface area contributed by atoms with Crippen molar-refractivity contribution >= 4 is 5.78 Å². The lowest BCUT2D eigenvalue weighted by Crippen LogP contribution is -2.01. The van der Waals surface area contributed by atoms with Gasteiger partial charge in [0.05, 0.1) is 34.0 Å². The van der Waals surface area contributed by atoms with Crippen LogP contribution in [0, 0.1) is 0 Å². The van der Waals surface area contributed by atoms with Gasteiger partial charge in [0.1, 0.15) is 0 Å². The molecule has 0 amide bonds. The number of hydrogen-bond acceptors (Lipinski definition) is 5. The molecule has 0 atom stereocenters. The average Bonchev–Trinajstić information content (AvgIpc) is 2.84. The highest BCUT2D eigenvalue weighted by Crippen LogP contribution is 2.48. The molecule has 5 nitrogen and oxygen atoms in total. The van der Waals surface area contributed by atoms with Gasteiger partial charge in [-0.1, -0.05) is 0 Å². The van der Waals surface area contributed by atoms with Gasteiger partial charge in [0.2, 0.25) is 0 Å². The van der Waals surface area contributed by atoms with Gasteiger partial charge in [-0.05, 0) is 35.4 Å². The van der Waals surface area contributed by atoms with Crippen molar-refractivity contribution in [2.45, 2.75) is 0 Å². The molecule has 3 rings (SSSR count). The third-order valence-corrected chi connectivity index (χ3v) is 3.83. The summed E-state index contributed by atoms with van der Waals surface area (Å²) in [6.45, 7) is 0. The summed E-state index contributed by atoms with van der Waals surface area (Å²) in [5.74, 6) is 1.96. The van der Waals surface area contributed by atoms with Gasteiger partial charge in [0.25, 0.3) is 0 Å². The molecule has 0 heterocycles. The Morgan fingerprint density at radius 3 is 1.82 bits per heavy atom. The quantitative estimate of drug-likeness (QED) is 0.741. The SMILES string of the molecule is COc1cc2c(cc1OC)-c1ccc(OC)c(OC)c1C2=O. The van der Waals surface area contributed by atoms with E-state index in [0.29, 0.717) is 34.1 Å². The highest BCUT2D eigenvalue weighted by Gasteiger charge is 2.33. The van der Waals surface area contributed by atoms with Gasteiger partial charge in [0, 0.05) is 5.56 Å². The second kappa shape index (κ2) is 5.26. The van der Waals surface area contributed by atoms with E-state index in [4.69, 9.17) is 18.9 Å². The van der Waals surface area contributed by atoms with E-state index in [0.717, 1.165) is 11.1 Å². The molecule has 0 saturated heterocycles. The zero-order valence-corrected chi connectivity index (χ0v) is 12.9. The van der Waals surface area contributed by atoms with Gasteiger partial charge in [-0.15, -0.1) is 0 Å². The highest BCUT2D eigenvalue weighted by molar-refractivity contribution is 6.24. The van der Waals surface area contributed by atoms with Gasteiger partial charge >= 0.3 is 0 Å². The third kappa shape index (κ3) is 1.82. The Morgan fingerprint density at radius 2 is 1.27 bits per heavy atom. The van der Waals surface area contributed by atoms with E-state index in [-0.39, 0.29) is 5.78 Å². The summed E-state index contributed by atoms with van der Waals surface area (Å²) in [5.41, 5.74) is 2.68. The molecule has 0 saturated carbocycles. The van der Waals surface area contributed by atoms with E-state index in [2.05, 4.69) is 0 Å². The molecular formula is C17H16O5. The van der Waals surface area contributed by atoms with Crippen molar-refractivity contribution in [3.8, 4) is 34.1 Å². The minimum atomic E-state index is -0.110. The molecule has 2 aromatic carbocycles. The second-order valence-electron chi connectivity index (χ2n) is 4.81. The fourth-order valence-electron chi connectivity index (χ4n) is 2.80. The first kappa shape index (κ1) is 14.3. The Labute approximate surface area is 128 Å². The molecule has 22 heavy (non-hydrogen) atoms. The average molecular weight is 300 g/mol. The summed E-state index contributed by atoms with van der Waals surface area (Å²) in [6.07, 6.45) is 0. The van der Waals surface area contributed by atoms with E-state index < -0.39 is 0 Å². The number of methoxy groups -OCH3 is 4. The number of rotatable bonds is 4. The van der Waals surface area contributed by atoms with Crippen LogP contribution in [0.25, 0.3) is 11.1 Å². The summed E-state index contributed by atoms with van der Waals surface area (Å²) in [7, 11) is 6.18. The number of ketones is 1. The summed E-state index contributed by atoms with van der Waals surface area (Å²) < 4.78 is 21.3. The van der Waals surface area contributed by atoms with Gasteiger partial charge in [0.15, 0.2) is 28.8 Å². The normalized spacial score (nSPS) is 11.7. The van der Waals surface area contributed by atoms with Crippen molar-refractivity contribution in [2.75, 3.05) is 28.4 Å². The van der Waals surface area contributed by atoms with Crippen LogP contribution in [0.15, 0.2) is 24.3 Å². The molecule has 1 aliphatic rings. The van der Waals surface area contributed by atoms with Crippen LogP contribution >= 0.6 is 0 Å². The Bertz CT molecular complexity index is 764. The Balaban J connectivity index is 2.29. The van der Waals surface area contributed by atoms with E-state index in [1.54, 1.807) is 33.5 Å². The highest BCUT2D eigenvalue weighted by atomic mass is 16.5. The largest absolute Gasteiger partial charge is 0.493 e. The van der Waals surface area contributed by atoms with Crippen molar-refractivity contribution in [2.24, 2.45) is 0 Å². The summed E-state index contributed by atoms with van der Waals surface area (Å²) in [6, 6.07) is 7.15. The standard InChI is InChI=1S/C17H16O5/c1-19-12-6-5-9-10-7-13(20-2)14(21-3)8-11(10)16(18)15(9)17(12)22-4/h5-8H,1-4H3. The predicted molar refractivity (Wildman–Crippen MR) is 81.5 cm³/mol. The number of fused-ring (bicyclic) bond motifs is 3. The maximum Gasteiger partial charge on any atom is 0.198 e. The van der Waals surface area contributed by atoms with Gasteiger partial charge in [-0.2, -0.15) is 0 Å².